The van der Waals surface area contributed by atoms with Gasteiger partial charge in [0.25, 0.3) is 0 Å². The highest BCUT2D eigenvalue weighted by molar-refractivity contribution is 6.17. The number of hydrogen-bond acceptors (Lipinski definition) is 4. The van der Waals surface area contributed by atoms with Gasteiger partial charge < -0.3 is 14.4 Å². The molecule has 4 heteroatoms. The lowest BCUT2D eigenvalue weighted by atomic mass is 9.89. The van der Waals surface area contributed by atoms with Crippen LogP contribution in [0.4, 0.5) is 5.69 Å². The summed E-state index contributed by atoms with van der Waals surface area (Å²) in [7, 11) is 5.67. The van der Waals surface area contributed by atoms with Crippen LogP contribution in [-0.2, 0) is 0 Å². The van der Waals surface area contributed by atoms with Crippen molar-refractivity contribution in [1.82, 2.24) is 0 Å². The van der Waals surface area contributed by atoms with E-state index in [-0.39, 0.29) is 11.7 Å². The Labute approximate surface area is 218 Å². The first kappa shape index (κ1) is 24.1. The van der Waals surface area contributed by atoms with E-state index in [2.05, 4.69) is 41.3 Å². The third-order valence-corrected chi connectivity index (χ3v) is 6.56. The maximum Gasteiger partial charge on any atom is 0.194 e. The predicted octanol–water partition coefficient (Wildman–Crippen LogP) is 7.52. The number of carbonyl (C=O) groups excluding carboxylic acids is 1. The standard InChI is InChI=1S/C33H29NO3/c1-34(2)25-17-15-23(16-18-25)9-7-13-29-31(24-10-5-4-6-11-24)28-12-8-14-30(32(28)33(29)35)37-27-21-19-26(36-3)20-22-27/h4-22,31H,1-3H3/b9-7+,29-13+/t31-/m1/s1. The van der Waals surface area contributed by atoms with Crippen molar-refractivity contribution in [3.05, 3.63) is 137 Å². The molecule has 0 bridgehead atoms. The minimum Gasteiger partial charge on any atom is -0.497 e. The van der Waals surface area contributed by atoms with Crippen LogP contribution in [0.25, 0.3) is 6.08 Å². The zero-order chi connectivity index (χ0) is 25.8. The molecule has 0 unspecified atom stereocenters. The van der Waals surface area contributed by atoms with Crippen LogP contribution in [0.1, 0.15) is 33.0 Å². The normalized spacial score (nSPS) is 15.7. The Hall–Kier alpha value is -4.57. The number of benzene rings is 4. The number of hydrogen-bond donors (Lipinski definition) is 0. The van der Waals surface area contributed by atoms with E-state index in [0.29, 0.717) is 17.1 Å². The fourth-order valence-corrected chi connectivity index (χ4v) is 4.65. The molecule has 37 heavy (non-hydrogen) atoms. The smallest absolute Gasteiger partial charge is 0.194 e. The number of nitrogens with zero attached hydrogens (tertiary/aromatic N) is 1. The van der Waals surface area contributed by atoms with Crippen molar-refractivity contribution < 1.29 is 14.3 Å². The summed E-state index contributed by atoms with van der Waals surface area (Å²) in [5.41, 5.74) is 5.59. The minimum atomic E-state index is -0.163. The molecular formula is C33H29NO3. The Morgan fingerprint density at radius 3 is 2.16 bits per heavy atom. The average molecular weight is 488 g/mol. The van der Waals surface area contributed by atoms with Crippen molar-refractivity contribution in [3.63, 3.8) is 0 Å². The SMILES string of the molecule is COc1ccc(Oc2cccc3c2C(=O)/C(=C/C=C/c2ccc(N(C)C)cc2)[C@@H]3c2ccccc2)cc1. The van der Waals surface area contributed by atoms with Crippen molar-refractivity contribution in [3.8, 4) is 17.2 Å². The van der Waals surface area contributed by atoms with Gasteiger partial charge in [0.2, 0.25) is 0 Å². The van der Waals surface area contributed by atoms with Gasteiger partial charge in [-0.1, -0.05) is 72.8 Å². The molecule has 0 amide bonds. The number of rotatable bonds is 7. The van der Waals surface area contributed by atoms with Crippen molar-refractivity contribution >= 4 is 17.5 Å². The molecule has 4 nitrogen and oxygen atoms in total. The first-order chi connectivity index (χ1) is 18.0. The van der Waals surface area contributed by atoms with Crippen LogP contribution in [-0.4, -0.2) is 27.0 Å². The second kappa shape index (κ2) is 10.6. The van der Waals surface area contributed by atoms with E-state index in [0.717, 1.165) is 33.7 Å². The highest BCUT2D eigenvalue weighted by atomic mass is 16.5. The van der Waals surface area contributed by atoms with Gasteiger partial charge in [-0.25, -0.2) is 0 Å². The fraction of sp³-hybridized carbons (Fsp3) is 0.121. The fourth-order valence-electron chi connectivity index (χ4n) is 4.65. The lowest BCUT2D eigenvalue weighted by Gasteiger charge is -2.14. The Morgan fingerprint density at radius 2 is 1.49 bits per heavy atom. The van der Waals surface area contributed by atoms with E-state index in [1.54, 1.807) is 7.11 Å². The number of allylic oxidation sites excluding steroid dienone is 3. The molecule has 5 rings (SSSR count). The van der Waals surface area contributed by atoms with E-state index in [9.17, 15) is 4.79 Å². The van der Waals surface area contributed by atoms with E-state index in [4.69, 9.17) is 9.47 Å². The number of ether oxygens (including phenoxy) is 2. The van der Waals surface area contributed by atoms with E-state index >= 15 is 0 Å². The quantitative estimate of drug-likeness (QED) is 0.253. The summed E-state index contributed by atoms with van der Waals surface area (Å²) in [5, 5.41) is 0. The predicted molar refractivity (Wildman–Crippen MR) is 150 cm³/mol. The molecule has 4 aromatic carbocycles. The van der Waals surface area contributed by atoms with Crippen molar-refractivity contribution in [2.75, 3.05) is 26.1 Å². The Kier molecular flexibility index (Phi) is 6.91. The molecule has 1 aliphatic carbocycles. The maximum atomic E-state index is 13.8. The van der Waals surface area contributed by atoms with Crippen LogP contribution in [0.2, 0.25) is 0 Å². The van der Waals surface area contributed by atoms with Gasteiger partial charge in [-0.2, -0.15) is 0 Å². The first-order valence-electron chi connectivity index (χ1n) is 12.3. The van der Waals surface area contributed by atoms with Crippen LogP contribution in [0.5, 0.6) is 17.2 Å². The second-order valence-electron chi connectivity index (χ2n) is 9.14. The molecule has 0 spiro atoms. The van der Waals surface area contributed by atoms with Gasteiger partial charge in [-0.15, -0.1) is 0 Å². The topological polar surface area (TPSA) is 38.8 Å². The summed E-state index contributed by atoms with van der Waals surface area (Å²) in [6.07, 6.45) is 5.93. The van der Waals surface area contributed by atoms with Gasteiger partial charge in [-0.05, 0) is 59.2 Å². The molecule has 0 fully saturated rings. The molecule has 0 saturated heterocycles. The minimum absolute atomic E-state index is 0.0134. The molecule has 0 saturated carbocycles. The molecule has 0 heterocycles. The lowest BCUT2D eigenvalue weighted by molar-refractivity contribution is 0.103. The van der Waals surface area contributed by atoms with Gasteiger partial charge in [0.05, 0.1) is 12.7 Å². The highest BCUT2D eigenvalue weighted by Crippen LogP contribution is 2.46. The van der Waals surface area contributed by atoms with Crippen LogP contribution >= 0.6 is 0 Å². The molecule has 4 aromatic rings. The Morgan fingerprint density at radius 1 is 0.784 bits per heavy atom. The van der Waals surface area contributed by atoms with Crippen molar-refractivity contribution in [2.24, 2.45) is 0 Å². The number of methoxy groups -OCH3 is 1. The molecular weight excluding hydrogens is 458 g/mol. The summed E-state index contributed by atoms with van der Waals surface area (Å²) in [6, 6.07) is 31.7. The molecule has 0 radical (unpaired) electrons. The maximum absolute atomic E-state index is 13.8. The third-order valence-electron chi connectivity index (χ3n) is 6.56. The molecule has 0 aliphatic heterocycles. The van der Waals surface area contributed by atoms with Gasteiger partial charge in [-0.3, -0.25) is 4.79 Å². The van der Waals surface area contributed by atoms with E-state index in [1.807, 2.05) is 93.0 Å². The number of carbonyl (C=O) groups is 1. The van der Waals surface area contributed by atoms with Crippen LogP contribution in [0.3, 0.4) is 0 Å². The monoisotopic (exact) mass is 487 g/mol. The van der Waals surface area contributed by atoms with Crippen molar-refractivity contribution in [2.45, 2.75) is 5.92 Å². The second-order valence-corrected chi connectivity index (χ2v) is 9.14. The van der Waals surface area contributed by atoms with Crippen LogP contribution in [0.15, 0.2) is 115 Å². The number of ketones is 1. The summed E-state index contributed by atoms with van der Waals surface area (Å²) in [5.74, 6) is 1.78. The molecule has 1 aliphatic rings. The highest BCUT2D eigenvalue weighted by Gasteiger charge is 2.37. The van der Waals surface area contributed by atoms with E-state index < -0.39 is 0 Å². The van der Waals surface area contributed by atoms with Gasteiger partial charge in [0, 0.05) is 31.3 Å². The number of fused-ring (bicyclic) bond motifs is 1. The summed E-state index contributed by atoms with van der Waals surface area (Å²) in [4.78, 5) is 15.9. The summed E-state index contributed by atoms with van der Waals surface area (Å²) in [6.45, 7) is 0. The number of anilines is 1. The first-order valence-corrected chi connectivity index (χ1v) is 12.3. The Bertz CT molecular complexity index is 1450. The largest absolute Gasteiger partial charge is 0.497 e. The van der Waals surface area contributed by atoms with Crippen LogP contribution in [0, 0.1) is 0 Å². The van der Waals surface area contributed by atoms with Crippen LogP contribution < -0.4 is 14.4 Å². The molecule has 0 N–H and O–H groups in total. The molecule has 0 aromatic heterocycles. The van der Waals surface area contributed by atoms with Crippen molar-refractivity contribution in [1.29, 1.82) is 0 Å². The Balaban J connectivity index is 1.51. The molecule has 1 atom stereocenters. The van der Waals surface area contributed by atoms with Gasteiger partial charge in [0.15, 0.2) is 5.78 Å². The molecule has 184 valence electrons. The van der Waals surface area contributed by atoms with Gasteiger partial charge >= 0.3 is 0 Å². The zero-order valence-corrected chi connectivity index (χ0v) is 21.2. The third kappa shape index (κ3) is 5.05. The average Bonchev–Trinajstić information content (AvgIpc) is 3.22. The lowest BCUT2D eigenvalue weighted by Crippen LogP contribution is -2.07. The zero-order valence-electron chi connectivity index (χ0n) is 21.2. The van der Waals surface area contributed by atoms with Gasteiger partial charge in [0.1, 0.15) is 17.2 Å². The number of Topliss-reactive ketones (excluding diaryl/α,β-unsaturated/α-hetero) is 1. The summed E-state index contributed by atoms with van der Waals surface area (Å²) >= 11 is 0. The summed E-state index contributed by atoms with van der Waals surface area (Å²) < 4.78 is 11.4. The van der Waals surface area contributed by atoms with E-state index in [1.165, 1.54) is 0 Å².